The minimum absolute atomic E-state index is 0.0106. The lowest BCUT2D eigenvalue weighted by molar-refractivity contribution is -0.0312. The Kier molecular flexibility index (Phi) is 10.3. The molecule has 2 aliphatic rings. The number of benzene rings is 3. The SMILES string of the molecule is CNS(=O)(=O)c1cccc(OCC(O)CNC2COC3(CCN(S(=O)(=O)c4cccc(-c5ccc(CN)cc5)c4C)CC3)C2)c1. The lowest BCUT2D eigenvalue weighted by Crippen LogP contribution is -2.47. The summed E-state index contributed by atoms with van der Waals surface area (Å²) in [6.45, 7) is 3.75. The summed E-state index contributed by atoms with van der Waals surface area (Å²) in [5.74, 6) is 0.346. The molecule has 1 spiro atoms. The van der Waals surface area contributed by atoms with Gasteiger partial charge in [-0.25, -0.2) is 21.6 Å². The van der Waals surface area contributed by atoms with E-state index in [1.165, 1.54) is 19.2 Å². The van der Waals surface area contributed by atoms with Crippen molar-refractivity contribution in [3.63, 3.8) is 0 Å². The summed E-state index contributed by atoms with van der Waals surface area (Å²) >= 11 is 0. The average molecular weight is 659 g/mol. The summed E-state index contributed by atoms with van der Waals surface area (Å²) in [6.07, 6.45) is 1.06. The number of nitrogens with zero attached hydrogens (tertiary/aromatic N) is 1. The first kappa shape index (κ1) is 33.5. The van der Waals surface area contributed by atoms with Crippen molar-refractivity contribution in [2.45, 2.75) is 60.3 Å². The number of aliphatic hydroxyl groups excluding tert-OH is 1. The summed E-state index contributed by atoms with van der Waals surface area (Å²) in [6, 6.07) is 19.4. The van der Waals surface area contributed by atoms with Gasteiger partial charge in [0, 0.05) is 38.3 Å². The van der Waals surface area contributed by atoms with Crippen molar-refractivity contribution >= 4 is 20.0 Å². The number of hydrogen-bond donors (Lipinski definition) is 4. The molecule has 2 unspecified atom stereocenters. The van der Waals surface area contributed by atoms with E-state index in [-0.39, 0.29) is 24.1 Å². The summed E-state index contributed by atoms with van der Waals surface area (Å²) < 4.78 is 67.3. The van der Waals surface area contributed by atoms with Gasteiger partial charge in [-0.2, -0.15) is 4.31 Å². The molecular weight excluding hydrogens is 617 g/mol. The number of rotatable bonds is 12. The third kappa shape index (κ3) is 7.58. The van der Waals surface area contributed by atoms with Crippen LogP contribution in [0.3, 0.4) is 0 Å². The number of nitrogens with one attached hydrogen (secondary N) is 2. The molecule has 11 nitrogen and oxygen atoms in total. The van der Waals surface area contributed by atoms with E-state index in [0.717, 1.165) is 22.3 Å². The van der Waals surface area contributed by atoms with Gasteiger partial charge >= 0.3 is 0 Å². The molecule has 45 heavy (non-hydrogen) atoms. The van der Waals surface area contributed by atoms with Crippen molar-refractivity contribution in [2.24, 2.45) is 5.73 Å². The van der Waals surface area contributed by atoms with Gasteiger partial charge in [-0.15, -0.1) is 0 Å². The van der Waals surface area contributed by atoms with Gasteiger partial charge < -0.3 is 25.6 Å². The normalized spacial score (nSPS) is 19.5. The minimum atomic E-state index is -3.70. The van der Waals surface area contributed by atoms with E-state index in [1.54, 1.807) is 28.6 Å². The topological polar surface area (TPSA) is 160 Å². The molecule has 0 aliphatic carbocycles. The molecule has 2 heterocycles. The number of ether oxygens (including phenoxy) is 2. The fourth-order valence-corrected chi connectivity index (χ4v) is 8.48. The zero-order valence-corrected chi connectivity index (χ0v) is 27.2. The molecule has 3 aromatic rings. The Labute approximate surface area is 265 Å². The van der Waals surface area contributed by atoms with E-state index < -0.39 is 31.8 Å². The van der Waals surface area contributed by atoms with E-state index in [2.05, 4.69) is 10.0 Å². The second-order valence-corrected chi connectivity index (χ2v) is 15.5. The van der Waals surface area contributed by atoms with E-state index in [0.29, 0.717) is 56.1 Å². The number of piperidine rings is 1. The fraction of sp³-hybridized carbons (Fsp3) is 0.438. The molecule has 5 rings (SSSR count). The molecule has 0 bridgehead atoms. The predicted molar refractivity (Wildman–Crippen MR) is 172 cm³/mol. The van der Waals surface area contributed by atoms with Crippen molar-refractivity contribution < 1.29 is 31.4 Å². The zero-order valence-electron chi connectivity index (χ0n) is 25.6. The Balaban J connectivity index is 1.12. The van der Waals surface area contributed by atoms with Gasteiger partial charge in [-0.3, -0.25) is 0 Å². The summed E-state index contributed by atoms with van der Waals surface area (Å²) in [7, 11) is -5.96. The van der Waals surface area contributed by atoms with E-state index in [4.69, 9.17) is 15.2 Å². The Hall–Kier alpha value is -2.88. The highest BCUT2D eigenvalue weighted by molar-refractivity contribution is 7.89. The van der Waals surface area contributed by atoms with Gasteiger partial charge in [-0.05, 0) is 73.7 Å². The molecular formula is C32H42N4O7S2. The summed E-state index contributed by atoms with van der Waals surface area (Å²) in [4.78, 5) is 0.400. The van der Waals surface area contributed by atoms with Crippen LogP contribution in [-0.4, -0.2) is 83.9 Å². The van der Waals surface area contributed by atoms with Crippen LogP contribution in [0.1, 0.15) is 30.4 Å². The number of aliphatic hydroxyl groups is 1. The molecule has 2 atom stereocenters. The fourth-order valence-electron chi connectivity index (χ4n) is 6.03. The second kappa shape index (κ2) is 13.9. The Bertz CT molecular complexity index is 1690. The van der Waals surface area contributed by atoms with E-state index in [9.17, 15) is 21.9 Å². The third-order valence-corrected chi connectivity index (χ3v) is 12.2. The van der Waals surface area contributed by atoms with Gasteiger partial charge in [0.15, 0.2) is 0 Å². The van der Waals surface area contributed by atoms with Crippen LogP contribution >= 0.6 is 0 Å². The smallest absolute Gasteiger partial charge is 0.243 e. The largest absolute Gasteiger partial charge is 0.491 e. The van der Waals surface area contributed by atoms with Crippen LogP contribution in [-0.2, 0) is 31.3 Å². The highest BCUT2D eigenvalue weighted by atomic mass is 32.2. The molecule has 13 heteroatoms. The van der Waals surface area contributed by atoms with Crippen LogP contribution in [0, 0.1) is 6.92 Å². The number of sulfonamides is 2. The van der Waals surface area contributed by atoms with Crippen LogP contribution in [0.5, 0.6) is 5.75 Å². The van der Waals surface area contributed by atoms with Gasteiger partial charge in [0.05, 0.1) is 22.0 Å². The predicted octanol–water partition coefficient (Wildman–Crippen LogP) is 2.37. The molecule has 0 saturated carbocycles. The van der Waals surface area contributed by atoms with E-state index >= 15 is 0 Å². The Morgan fingerprint density at radius 3 is 2.47 bits per heavy atom. The van der Waals surface area contributed by atoms with Crippen LogP contribution in [0.15, 0.2) is 76.5 Å². The molecule has 0 radical (unpaired) electrons. The minimum Gasteiger partial charge on any atom is -0.491 e. The van der Waals surface area contributed by atoms with E-state index in [1.807, 2.05) is 37.3 Å². The highest BCUT2D eigenvalue weighted by Gasteiger charge is 2.45. The lowest BCUT2D eigenvalue weighted by Gasteiger charge is -2.38. The van der Waals surface area contributed by atoms with Crippen molar-refractivity contribution in [3.05, 3.63) is 77.9 Å². The third-order valence-electron chi connectivity index (χ3n) is 8.71. The molecule has 3 aromatic carbocycles. The maximum atomic E-state index is 13.8. The van der Waals surface area contributed by atoms with Crippen molar-refractivity contribution in [3.8, 4) is 16.9 Å². The summed E-state index contributed by atoms with van der Waals surface area (Å²) in [5.41, 5.74) is 8.88. The molecule has 2 fully saturated rings. The van der Waals surface area contributed by atoms with Crippen molar-refractivity contribution in [1.82, 2.24) is 14.3 Å². The first-order valence-electron chi connectivity index (χ1n) is 15.1. The van der Waals surface area contributed by atoms with Gasteiger partial charge in [0.25, 0.3) is 0 Å². The lowest BCUT2D eigenvalue weighted by atomic mass is 9.88. The molecule has 5 N–H and O–H groups in total. The van der Waals surface area contributed by atoms with Crippen LogP contribution in [0.25, 0.3) is 11.1 Å². The van der Waals surface area contributed by atoms with Crippen molar-refractivity contribution in [2.75, 3.05) is 39.9 Å². The molecule has 2 aliphatic heterocycles. The van der Waals surface area contributed by atoms with Crippen LogP contribution < -0.4 is 20.5 Å². The Morgan fingerprint density at radius 1 is 1.07 bits per heavy atom. The molecule has 0 amide bonds. The highest BCUT2D eigenvalue weighted by Crippen LogP contribution is 2.38. The number of hydrogen-bond acceptors (Lipinski definition) is 9. The summed E-state index contributed by atoms with van der Waals surface area (Å²) in [5, 5.41) is 13.8. The monoisotopic (exact) mass is 658 g/mol. The molecule has 244 valence electrons. The van der Waals surface area contributed by atoms with Crippen LogP contribution in [0.2, 0.25) is 0 Å². The first-order chi connectivity index (χ1) is 21.5. The van der Waals surface area contributed by atoms with Crippen LogP contribution in [0.4, 0.5) is 0 Å². The van der Waals surface area contributed by atoms with Gasteiger partial charge in [-0.1, -0.05) is 42.5 Å². The zero-order chi connectivity index (χ0) is 32.2. The maximum absolute atomic E-state index is 13.8. The standard InChI is InChI=1S/C32H42N4O7S2/c1-23-30(25-11-9-24(19-33)10-12-25)7-4-8-31(23)45(40,41)36-15-13-32(14-16-36)18-26(21-43-32)35-20-27(37)22-42-28-5-3-6-29(17-28)44(38,39)34-2/h3-12,17,26-27,34-35,37H,13-16,18-22,33H2,1-2H3. The van der Waals surface area contributed by atoms with Gasteiger partial charge in [0.1, 0.15) is 18.5 Å². The molecule has 0 aromatic heterocycles. The first-order valence-corrected chi connectivity index (χ1v) is 18.0. The Morgan fingerprint density at radius 2 is 1.78 bits per heavy atom. The second-order valence-electron chi connectivity index (χ2n) is 11.7. The number of nitrogens with two attached hydrogens (primary N) is 1. The molecule has 2 saturated heterocycles. The average Bonchev–Trinajstić information content (AvgIpc) is 3.45. The van der Waals surface area contributed by atoms with Gasteiger partial charge in [0.2, 0.25) is 20.0 Å². The quantitative estimate of drug-likeness (QED) is 0.229. The maximum Gasteiger partial charge on any atom is 0.243 e. The van der Waals surface area contributed by atoms with Crippen molar-refractivity contribution in [1.29, 1.82) is 0 Å².